The number of carbonyl (C=O) groups is 5. The van der Waals surface area contributed by atoms with E-state index in [-0.39, 0.29) is 36.5 Å². The molecule has 2 fully saturated rings. The minimum Gasteiger partial charge on any atom is -0.363 e. The van der Waals surface area contributed by atoms with E-state index in [9.17, 15) is 24.0 Å². The number of fused-ring (bicyclic) bond motifs is 2. The highest BCUT2D eigenvalue weighted by atomic mass is 35.5. The normalized spacial score (nSPS) is 24.4. The van der Waals surface area contributed by atoms with E-state index in [0.29, 0.717) is 25.7 Å². The number of benzene rings is 1. The molecule has 1 saturated heterocycles. The number of amides is 4. The predicted octanol–water partition coefficient (Wildman–Crippen LogP) is 2.93. The maximum atomic E-state index is 14.2. The van der Waals surface area contributed by atoms with Crippen LogP contribution in [0.4, 0.5) is 4.79 Å². The number of hydrogen-bond donors (Lipinski definition) is 3. The van der Waals surface area contributed by atoms with Gasteiger partial charge in [0.05, 0.1) is 6.04 Å². The van der Waals surface area contributed by atoms with Crippen molar-refractivity contribution in [3.8, 4) is 0 Å². The fraction of sp³-hybridized carbons (Fsp3) is 0.621. The topological polar surface area (TPSA) is 139 Å². The highest BCUT2D eigenvalue weighted by molar-refractivity contribution is 6.51. The van der Waals surface area contributed by atoms with Crippen molar-refractivity contribution in [1.29, 1.82) is 0 Å². The number of hydrogen-bond acceptors (Lipinski definition) is 5. The first kappa shape index (κ1) is 30.3. The third kappa shape index (κ3) is 6.15. The molecule has 1 aliphatic heterocycles. The highest BCUT2D eigenvalue weighted by Gasteiger charge is 2.73. The SMILES string of the molecule is CCCC(CC(=O)[C@@H]1[C@@H]2[C@H](CN1C(=O)[C@@H](NC(=O)NC(C)(C)C)C1Cc3ccccc3C1)C2(Cl)Cl)C(=O)C(N)=O. The summed E-state index contributed by atoms with van der Waals surface area (Å²) in [6, 6.07) is 5.58. The van der Waals surface area contributed by atoms with Crippen LogP contribution in [-0.2, 0) is 32.0 Å². The van der Waals surface area contributed by atoms with E-state index < -0.39 is 51.5 Å². The second kappa shape index (κ2) is 11.3. The molecule has 5 atom stereocenters. The standard InChI is InChI=1S/C29H38Cl2N4O5/c1-5-8-17(24(37)25(32)38)13-20(36)23-21-19(29(21,30)31)14-35(23)26(39)22(33-27(40)34-28(2,3)4)18-11-15-9-6-7-10-16(15)12-18/h6-7,9-10,17-19,21-23H,5,8,11-14H2,1-4H3,(H2,32,38)(H2,33,34,40)/t17?,19-,21-,22-,23+/m0/s1. The second-order valence-electron chi connectivity index (χ2n) is 12.4. The van der Waals surface area contributed by atoms with Crippen molar-refractivity contribution in [3.63, 3.8) is 0 Å². The van der Waals surface area contributed by atoms with Crippen LogP contribution in [0.5, 0.6) is 0 Å². The van der Waals surface area contributed by atoms with Crippen molar-refractivity contribution in [2.75, 3.05) is 6.54 Å². The van der Waals surface area contributed by atoms with Gasteiger partial charge in [-0.2, -0.15) is 0 Å². The molecule has 1 saturated carbocycles. The molecule has 4 amide bonds. The Kier molecular flexibility index (Phi) is 8.58. The van der Waals surface area contributed by atoms with Gasteiger partial charge in [-0.25, -0.2) is 4.79 Å². The lowest BCUT2D eigenvalue weighted by atomic mass is 9.88. The molecule has 1 aromatic carbocycles. The number of ketones is 2. The molecule has 1 aromatic rings. The molecule has 40 heavy (non-hydrogen) atoms. The number of nitrogens with one attached hydrogen (secondary N) is 2. The summed E-state index contributed by atoms with van der Waals surface area (Å²) in [4.78, 5) is 66.4. The van der Waals surface area contributed by atoms with Gasteiger partial charge in [-0.05, 0) is 57.1 Å². The van der Waals surface area contributed by atoms with Crippen LogP contribution in [0.15, 0.2) is 24.3 Å². The molecule has 3 aliphatic rings. The average molecular weight is 594 g/mol. The summed E-state index contributed by atoms with van der Waals surface area (Å²) in [6.07, 6.45) is 1.84. The van der Waals surface area contributed by atoms with Crippen molar-refractivity contribution in [2.24, 2.45) is 29.4 Å². The first-order valence-electron chi connectivity index (χ1n) is 13.9. The molecule has 4 rings (SSSR count). The number of likely N-dealkylation sites (tertiary alicyclic amines) is 1. The van der Waals surface area contributed by atoms with Crippen LogP contribution in [0, 0.1) is 23.7 Å². The molecule has 0 radical (unpaired) electrons. The van der Waals surface area contributed by atoms with Crippen molar-refractivity contribution in [2.45, 2.75) is 81.8 Å². The zero-order valence-electron chi connectivity index (χ0n) is 23.3. The van der Waals surface area contributed by atoms with E-state index in [1.54, 1.807) is 0 Å². The summed E-state index contributed by atoms with van der Waals surface area (Å²) in [5, 5.41) is 5.75. The maximum Gasteiger partial charge on any atom is 0.315 e. The molecular formula is C29H38Cl2N4O5. The zero-order valence-corrected chi connectivity index (χ0v) is 24.8. The quantitative estimate of drug-likeness (QED) is 0.283. The van der Waals surface area contributed by atoms with Crippen molar-refractivity contribution in [3.05, 3.63) is 35.4 Å². The lowest BCUT2D eigenvalue weighted by Gasteiger charge is -2.35. The van der Waals surface area contributed by atoms with Crippen LogP contribution >= 0.6 is 23.2 Å². The molecule has 0 bridgehead atoms. The zero-order chi connectivity index (χ0) is 29.6. The monoisotopic (exact) mass is 592 g/mol. The van der Waals surface area contributed by atoms with Gasteiger partial charge in [0.25, 0.3) is 5.91 Å². The first-order valence-corrected chi connectivity index (χ1v) is 14.6. The van der Waals surface area contributed by atoms with E-state index in [2.05, 4.69) is 10.6 Å². The Hall–Kier alpha value is -2.65. The smallest absolute Gasteiger partial charge is 0.315 e. The Bertz CT molecular complexity index is 1190. The third-order valence-corrected chi connectivity index (χ3v) is 9.30. The van der Waals surface area contributed by atoms with E-state index in [1.807, 2.05) is 52.0 Å². The Morgan fingerprint density at radius 1 is 1.10 bits per heavy atom. The van der Waals surface area contributed by atoms with Crippen LogP contribution < -0.4 is 16.4 Å². The lowest BCUT2D eigenvalue weighted by Crippen LogP contribution is -2.59. The van der Waals surface area contributed by atoms with Gasteiger partial charge in [0.15, 0.2) is 5.78 Å². The van der Waals surface area contributed by atoms with Gasteiger partial charge in [-0.3, -0.25) is 19.2 Å². The van der Waals surface area contributed by atoms with Gasteiger partial charge in [-0.15, -0.1) is 23.2 Å². The Morgan fingerprint density at radius 2 is 1.70 bits per heavy atom. The summed E-state index contributed by atoms with van der Waals surface area (Å²) in [5.41, 5.74) is 6.95. The summed E-state index contributed by atoms with van der Waals surface area (Å²) >= 11 is 13.0. The molecule has 9 nitrogen and oxygen atoms in total. The molecule has 4 N–H and O–H groups in total. The van der Waals surface area contributed by atoms with Gasteiger partial charge in [0.2, 0.25) is 11.7 Å². The Labute approximate surface area is 244 Å². The number of piperidine rings is 1. The molecule has 2 aliphatic carbocycles. The van der Waals surface area contributed by atoms with Crippen LogP contribution in [0.3, 0.4) is 0 Å². The van der Waals surface area contributed by atoms with Gasteiger partial charge < -0.3 is 21.3 Å². The number of Topliss-reactive ketones (excluding diaryl/α,β-unsaturated/α-hetero) is 2. The number of primary amides is 1. The molecule has 0 spiro atoms. The van der Waals surface area contributed by atoms with E-state index in [0.717, 1.165) is 11.1 Å². The number of alkyl halides is 2. The lowest BCUT2D eigenvalue weighted by molar-refractivity contribution is -0.143. The maximum absolute atomic E-state index is 14.2. The highest BCUT2D eigenvalue weighted by Crippen LogP contribution is 2.65. The van der Waals surface area contributed by atoms with Crippen LogP contribution in [0.2, 0.25) is 0 Å². The molecule has 218 valence electrons. The number of urea groups is 1. The van der Waals surface area contributed by atoms with Crippen LogP contribution in [0.1, 0.15) is 58.1 Å². The fourth-order valence-electron chi connectivity index (χ4n) is 6.35. The van der Waals surface area contributed by atoms with Gasteiger partial charge in [-0.1, -0.05) is 37.6 Å². The summed E-state index contributed by atoms with van der Waals surface area (Å²) in [5.74, 6) is -4.56. The second-order valence-corrected chi connectivity index (χ2v) is 13.8. The van der Waals surface area contributed by atoms with Crippen molar-refractivity contribution >= 4 is 52.6 Å². The fourth-order valence-corrected chi connectivity index (χ4v) is 7.17. The summed E-state index contributed by atoms with van der Waals surface area (Å²) in [7, 11) is 0. The molecule has 11 heteroatoms. The van der Waals surface area contributed by atoms with Crippen LogP contribution in [-0.4, -0.2) is 62.8 Å². The summed E-state index contributed by atoms with van der Waals surface area (Å²) < 4.78 is -1.17. The average Bonchev–Trinajstić information content (AvgIpc) is 3.24. The summed E-state index contributed by atoms with van der Waals surface area (Å²) in [6.45, 7) is 7.54. The molecule has 1 unspecified atom stereocenters. The largest absolute Gasteiger partial charge is 0.363 e. The van der Waals surface area contributed by atoms with Gasteiger partial charge >= 0.3 is 6.03 Å². The number of halogens is 2. The molecule has 0 aromatic heterocycles. The first-order chi connectivity index (χ1) is 18.7. The molecule has 1 heterocycles. The van der Waals surface area contributed by atoms with Crippen molar-refractivity contribution < 1.29 is 24.0 Å². The minimum atomic E-state index is -1.17. The van der Waals surface area contributed by atoms with Crippen LogP contribution in [0.25, 0.3) is 0 Å². The van der Waals surface area contributed by atoms with Crippen molar-refractivity contribution in [1.82, 2.24) is 15.5 Å². The van der Waals surface area contributed by atoms with E-state index in [4.69, 9.17) is 28.9 Å². The van der Waals surface area contributed by atoms with E-state index in [1.165, 1.54) is 4.90 Å². The minimum absolute atomic E-state index is 0.161. The van der Waals surface area contributed by atoms with Gasteiger partial charge in [0, 0.05) is 36.3 Å². The number of carbonyl (C=O) groups excluding carboxylic acids is 5. The third-order valence-electron chi connectivity index (χ3n) is 8.24. The Balaban J connectivity index is 1.60. The number of rotatable bonds is 10. The number of nitrogens with zero attached hydrogens (tertiary/aromatic N) is 1. The van der Waals surface area contributed by atoms with E-state index >= 15 is 0 Å². The van der Waals surface area contributed by atoms with Gasteiger partial charge in [0.1, 0.15) is 10.4 Å². The number of nitrogens with two attached hydrogens (primary N) is 1. The molecular weight excluding hydrogens is 555 g/mol. The predicted molar refractivity (Wildman–Crippen MR) is 152 cm³/mol. The Morgan fingerprint density at radius 3 is 2.23 bits per heavy atom.